The van der Waals surface area contributed by atoms with Gasteiger partial charge in [0.1, 0.15) is 11.6 Å². The Morgan fingerprint density at radius 2 is 1.76 bits per heavy atom. The second-order valence-corrected chi connectivity index (χ2v) is 8.71. The quantitative estimate of drug-likeness (QED) is 0.558. The average molecular weight is 468 g/mol. The average Bonchev–Trinajstić information content (AvgIpc) is 2.81. The number of anilines is 3. The molecule has 8 heteroatoms. The van der Waals surface area contributed by atoms with E-state index in [2.05, 4.69) is 34.3 Å². The van der Waals surface area contributed by atoms with Crippen LogP contribution < -0.4 is 10.2 Å². The van der Waals surface area contributed by atoms with Gasteiger partial charge in [0.25, 0.3) is 0 Å². The lowest BCUT2D eigenvalue weighted by Crippen LogP contribution is -2.49. The molecule has 0 bridgehead atoms. The van der Waals surface area contributed by atoms with Crippen LogP contribution in [-0.2, 0) is 11.2 Å². The van der Waals surface area contributed by atoms with Gasteiger partial charge in [0.2, 0.25) is 11.9 Å². The molecule has 1 aromatic heterocycles. The van der Waals surface area contributed by atoms with E-state index in [1.807, 2.05) is 30.0 Å². The lowest BCUT2D eigenvalue weighted by molar-refractivity contribution is -0.131. The summed E-state index contributed by atoms with van der Waals surface area (Å²) >= 11 is 5.83. The summed E-state index contributed by atoms with van der Waals surface area (Å²) in [5, 5.41) is 3.43. The number of benzene rings is 2. The van der Waals surface area contributed by atoms with Crippen molar-refractivity contribution < 1.29 is 9.18 Å². The summed E-state index contributed by atoms with van der Waals surface area (Å²) in [6, 6.07) is 14.7. The van der Waals surface area contributed by atoms with Crippen molar-refractivity contribution in [1.29, 1.82) is 0 Å². The smallest absolute Gasteiger partial charge is 0.227 e. The summed E-state index contributed by atoms with van der Waals surface area (Å²) in [5.74, 6) is 1.05. The Morgan fingerprint density at radius 1 is 1.03 bits per heavy atom. The molecule has 1 aliphatic rings. The molecule has 1 fully saturated rings. The molecule has 2 heterocycles. The Kier molecular flexibility index (Phi) is 7.08. The molecule has 0 atom stereocenters. The van der Waals surface area contributed by atoms with Crippen LogP contribution in [0.2, 0.25) is 5.02 Å². The molecule has 1 amide bonds. The number of hydrogen-bond acceptors (Lipinski definition) is 5. The number of nitrogens with one attached hydrogen (secondary N) is 1. The van der Waals surface area contributed by atoms with Crippen molar-refractivity contribution in [3.63, 3.8) is 0 Å². The number of halogens is 2. The largest absolute Gasteiger partial charge is 0.340 e. The van der Waals surface area contributed by atoms with E-state index in [1.54, 1.807) is 12.1 Å². The third-order valence-electron chi connectivity index (χ3n) is 5.69. The first-order valence-corrected chi connectivity index (χ1v) is 11.4. The van der Waals surface area contributed by atoms with Crippen LogP contribution in [0.3, 0.4) is 0 Å². The number of carbonyl (C=O) groups is 1. The van der Waals surface area contributed by atoms with E-state index in [0.717, 1.165) is 22.8 Å². The minimum atomic E-state index is -0.446. The molecule has 0 aliphatic carbocycles. The van der Waals surface area contributed by atoms with E-state index in [1.165, 1.54) is 11.6 Å². The van der Waals surface area contributed by atoms with Crippen LogP contribution in [0, 0.1) is 19.7 Å². The van der Waals surface area contributed by atoms with Crippen LogP contribution in [0.15, 0.2) is 48.5 Å². The van der Waals surface area contributed by atoms with Gasteiger partial charge in [0.05, 0.1) is 5.02 Å². The van der Waals surface area contributed by atoms with Crippen molar-refractivity contribution in [3.05, 3.63) is 76.2 Å². The van der Waals surface area contributed by atoms with E-state index >= 15 is 0 Å². The molecule has 1 aliphatic heterocycles. The maximum absolute atomic E-state index is 13.3. The molecule has 1 saturated heterocycles. The monoisotopic (exact) mass is 467 g/mol. The van der Waals surface area contributed by atoms with Crippen LogP contribution in [0.4, 0.5) is 21.8 Å². The summed E-state index contributed by atoms with van der Waals surface area (Å²) in [6.07, 6.45) is 0.904. The lowest BCUT2D eigenvalue weighted by atomic mass is 10.1. The Morgan fingerprint density at radius 3 is 2.45 bits per heavy atom. The molecule has 172 valence electrons. The zero-order valence-corrected chi connectivity index (χ0v) is 19.6. The van der Waals surface area contributed by atoms with Crippen LogP contribution in [-0.4, -0.2) is 47.0 Å². The predicted octanol–water partition coefficient (Wildman–Crippen LogP) is 4.91. The van der Waals surface area contributed by atoms with Gasteiger partial charge in [-0.25, -0.2) is 9.37 Å². The minimum absolute atomic E-state index is 0.0852. The van der Waals surface area contributed by atoms with Crippen molar-refractivity contribution >= 4 is 35.0 Å². The fourth-order valence-corrected chi connectivity index (χ4v) is 4.01. The SMILES string of the molecule is Cc1ccc(Nc2cc(C)nc(N3CCN(C(=O)CCc4ccc(F)c(Cl)c4)CC3)n2)cc1. The maximum Gasteiger partial charge on any atom is 0.227 e. The fourth-order valence-electron chi connectivity index (χ4n) is 3.80. The van der Waals surface area contributed by atoms with Gasteiger partial charge >= 0.3 is 0 Å². The van der Waals surface area contributed by atoms with Crippen molar-refractivity contribution in [2.45, 2.75) is 26.7 Å². The zero-order valence-electron chi connectivity index (χ0n) is 18.8. The summed E-state index contributed by atoms with van der Waals surface area (Å²) < 4.78 is 13.3. The second-order valence-electron chi connectivity index (χ2n) is 8.30. The van der Waals surface area contributed by atoms with Crippen molar-refractivity contribution in [2.75, 3.05) is 36.4 Å². The van der Waals surface area contributed by atoms with Crippen molar-refractivity contribution in [3.8, 4) is 0 Å². The highest BCUT2D eigenvalue weighted by atomic mass is 35.5. The number of carbonyl (C=O) groups excluding carboxylic acids is 1. The highest BCUT2D eigenvalue weighted by Crippen LogP contribution is 2.21. The second kappa shape index (κ2) is 10.2. The topological polar surface area (TPSA) is 61.4 Å². The Balaban J connectivity index is 1.33. The van der Waals surface area contributed by atoms with Gasteiger partial charge in [-0.1, -0.05) is 35.4 Å². The molecule has 0 radical (unpaired) electrons. The molecule has 0 spiro atoms. The number of aryl methyl sites for hydroxylation is 3. The van der Waals surface area contributed by atoms with Crippen LogP contribution >= 0.6 is 11.6 Å². The van der Waals surface area contributed by atoms with Gasteiger partial charge < -0.3 is 15.1 Å². The molecule has 0 saturated carbocycles. The van der Waals surface area contributed by atoms with Crippen molar-refractivity contribution in [2.24, 2.45) is 0 Å². The molecular weight excluding hydrogens is 441 g/mol. The molecular formula is C25H27ClFN5O. The fraction of sp³-hybridized carbons (Fsp3) is 0.320. The van der Waals surface area contributed by atoms with E-state index in [4.69, 9.17) is 16.6 Å². The molecule has 33 heavy (non-hydrogen) atoms. The third kappa shape index (κ3) is 5.99. The summed E-state index contributed by atoms with van der Waals surface area (Å²) in [6.45, 7) is 6.57. The summed E-state index contributed by atoms with van der Waals surface area (Å²) in [5.41, 5.74) is 3.91. The van der Waals surface area contributed by atoms with E-state index in [9.17, 15) is 9.18 Å². The summed E-state index contributed by atoms with van der Waals surface area (Å²) in [7, 11) is 0. The van der Waals surface area contributed by atoms with Gasteiger partial charge in [-0.2, -0.15) is 4.98 Å². The first kappa shape index (κ1) is 23.0. The molecule has 0 unspecified atom stereocenters. The number of hydrogen-bond donors (Lipinski definition) is 1. The molecule has 4 rings (SSSR count). The van der Waals surface area contributed by atoms with E-state index in [-0.39, 0.29) is 10.9 Å². The number of rotatable bonds is 6. The lowest BCUT2D eigenvalue weighted by Gasteiger charge is -2.35. The van der Waals surface area contributed by atoms with Gasteiger partial charge in [0.15, 0.2) is 0 Å². The van der Waals surface area contributed by atoms with Gasteiger partial charge in [-0.15, -0.1) is 0 Å². The number of aromatic nitrogens is 2. The first-order chi connectivity index (χ1) is 15.9. The first-order valence-electron chi connectivity index (χ1n) is 11.0. The predicted molar refractivity (Wildman–Crippen MR) is 130 cm³/mol. The number of nitrogens with zero attached hydrogens (tertiary/aromatic N) is 4. The van der Waals surface area contributed by atoms with Gasteiger partial charge in [0, 0.05) is 50.0 Å². The number of amides is 1. The Bertz CT molecular complexity index is 1130. The van der Waals surface area contributed by atoms with Crippen LogP contribution in [0.5, 0.6) is 0 Å². The minimum Gasteiger partial charge on any atom is -0.340 e. The summed E-state index contributed by atoms with van der Waals surface area (Å²) in [4.78, 5) is 25.9. The van der Waals surface area contributed by atoms with Crippen LogP contribution in [0.25, 0.3) is 0 Å². The van der Waals surface area contributed by atoms with Crippen LogP contribution in [0.1, 0.15) is 23.2 Å². The molecule has 2 aromatic carbocycles. The number of piperazine rings is 1. The Hall–Kier alpha value is -3.19. The third-order valence-corrected chi connectivity index (χ3v) is 5.98. The highest BCUT2D eigenvalue weighted by Gasteiger charge is 2.23. The normalized spacial score (nSPS) is 13.8. The van der Waals surface area contributed by atoms with Gasteiger partial charge in [-0.3, -0.25) is 4.79 Å². The highest BCUT2D eigenvalue weighted by molar-refractivity contribution is 6.30. The maximum atomic E-state index is 13.3. The molecule has 1 N–H and O–H groups in total. The van der Waals surface area contributed by atoms with Gasteiger partial charge in [-0.05, 0) is 50.1 Å². The Labute approximate surface area is 198 Å². The van der Waals surface area contributed by atoms with Crippen molar-refractivity contribution in [1.82, 2.24) is 14.9 Å². The molecule has 3 aromatic rings. The standard InChI is InChI=1S/C25H27ClFN5O/c1-17-3-7-20(8-4-17)29-23-15-18(2)28-25(30-23)32-13-11-31(12-14-32)24(33)10-6-19-5-9-22(27)21(26)16-19/h3-5,7-9,15-16H,6,10-14H2,1-2H3,(H,28,29,30). The molecule has 6 nitrogen and oxygen atoms in total. The van der Waals surface area contributed by atoms with E-state index in [0.29, 0.717) is 45.0 Å². The zero-order chi connectivity index (χ0) is 23.4. The van der Waals surface area contributed by atoms with E-state index < -0.39 is 5.82 Å².